The number of nitrogens with one attached hydrogen (secondary N) is 2. The zero-order valence-corrected chi connectivity index (χ0v) is 16.1. The fourth-order valence-electron chi connectivity index (χ4n) is 3.07. The van der Waals surface area contributed by atoms with E-state index < -0.39 is 0 Å². The van der Waals surface area contributed by atoms with Gasteiger partial charge in [-0.25, -0.2) is 4.98 Å². The van der Waals surface area contributed by atoms with Crippen LogP contribution in [0.4, 0.5) is 0 Å². The Hall–Kier alpha value is -1.89. The van der Waals surface area contributed by atoms with Crippen molar-refractivity contribution >= 4 is 17.3 Å². The second kappa shape index (κ2) is 8.47. The maximum atomic E-state index is 4.70. The van der Waals surface area contributed by atoms with E-state index in [1.165, 1.54) is 25.7 Å². The van der Waals surface area contributed by atoms with E-state index in [-0.39, 0.29) is 0 Å². The van der Waals surface area contributed by atoms with Crippen molar-refractivity contribution in [1.82, 2.24) is 25.4 Å². The number of aliphatic imine (C=N–C) groups is 1. The summed E-state index contributed by atoms with van der Waals surface area (Å²) in [6, 6.07) is 2.68. The van der Waals surface area contributed by atoms with E-state index in [1.807, 2.05) is 0 Å². The summed E-state index contributed by atoms with van der Waals surface area (Å²) in [7, 11) is 1.79. The highest BCUT2D eigenvalue weighted by atomic mass is 32.1. The average Bonchev–Trinajstić information content (AvgIpc) is 3.35. The van der Waals surface area contributed by atoms with Crippen molar-refractivity contribution in [2.75, 3.05) is 7.05 Å². The SMILES string of the molecule is CN=C(NCc1ccn(C2CCCC2)n1)NCc1nc(C(C)C)cs1. The second-order valence-electron chi connectivity index (χ2n) is 6.83. The summed E-state index contributed by atoms with van der Waals surface area (Å²) < 4.78 is 2.13. The van der Waals surface area contributed by atoms with Crippen LogP contribution in [0.2, 0.25) is 0 Å². The first-order valence-electron chi connectivity index (χ1n) is 9.08. The van der Waals surface area contributed by atoms with E-state index >= 15 is 0 Å². The Kier molecular flexibility index (Phi) is 6.07. The molecule has 0 bridgehead atoms. The zero-order chi connectivity index (χ0) is 17.6. The second-order valence-corrected chi connectivity index (χ2v) is 7.77. The lowest BCUT2D eigenvalue weighted by Crippen LogP contribution is -2.36. The van der Waals surface area contributed by atoms with Gasteiger partial charge < -0.3 is 10.6 Å². The Morgan fingerprint density at radius 1 is 1.32 bits per heavy atom. The van der Waals surface area contributed by atoms with Crippen LogP contribution in [0, 0.1) is 0 Å². The van der Waals surface area contributed by atoms with Crippen LogP contribution in [0.1, 0.15) is 67.9 Å². The van der Waals surface area contributed by atoms with Crippen LogP contribution in [0.3, 0.4) is 0 Å². The van der Waals surface area contributed by atoms with Crippen LogP contribution in [0.5, 0.6) is 0 Å². The van der Waals surface area contributed by atoms with E-state index in [4.69, 9.17) is 5.10 Å². The van der Waals surface area contributed by atoms with Crippen LogP contribution >= 0.6 is 11.3 Å². The van der Waals surface area contributed by atoms with Crippen LogP contribution in [-0.4, -0.2) is 27.8 Å². The monoisotopic (exact) mass is 360 g/mol. The van der Waals surface area contributed by atoms with Gasteiger partial charge >= 0.3 is 0 Å². The highest BCUT2D eigenvalue weighted by Gasteiger charge is 2.17. The summed E-state index contributed by atoms with van der Waals surface area (Å²) in [5.74, 6) is 1.24. The van der Waals surface area contributed by atoms with E-state index in [0.717, 1.165) is 22.4 Å². The first-order valence-corrected chi connectivity index (χ1v) is 9.96. The van der Waals surface area contributed by atoms with Gasteiger partial charge in [-0.05, 0) is 24.8 Å². The van der Waals surface area contributed by atoms with Gasteiger partial charge in [0, 0.05) is 18.6 Å². The number of aromatic nitrogens is 3. The number of rotatable bonds is 6. The molecule has 0 unspecified atom stereocenters. The Morgan fingerprint density at radius 2 is 2.08 bits per heavy atom. The third-order valence-electron chi connectivity index (χ3n) is 4.59. The topological polar surface area (TPSA) is 67.1 Å². The molecule has 0 radical (unpaired) electrons. The predicted octanol–water partition coefficient (Wildman–Crippen LogP) is 3.44. The predicted molar refractivity (Wildman–Crippen MR) is 103 cm³/mol. The van der Waals surface area contributed by atoms with Crippen molar-refractivity contribution in [1.29, 1.82) is 0 Å². The number of hydrogen-bond acceptors (Lipinski definition) is 4. The molecule has 0 aromatic carbocycles. The van der Waals surface area contributed by atoms with Crippen LogP contribution < -0.4 is 10.6 Å². The Morgan fingerprint density at radius 3 is 2.76 bits per heavy atom. The summed E-state index contributed by atoms with van der Waals surface area (Å²) in [5.41, 5.74) is 2.20. The Labute approximate surface area is 153 Å². The van der Waals surface area contributed by atoms with Crippen LogP contribution in [0.25, 0.3) is 0 Å². The lowest BCUT2D eigenvalue weighted by molar-refractivity contribution is 0.462. The van der Waals surface area contributed by atoms with Crippen molar-refractivity contribution in [3.63, 3.8) is 0 Å². The molecule has 0 aliphatic heterocycles. The van der Waals surface area contributed by atoms with Gasteiger partial charge in [-0.15, -0.1) is 11.3 Å². The third-order valence-corrected chi connectivity index (χ3v) is 5.46. The minimum atomic E-state index is 0.470. The first kappa shape index (κ1) is 17.9. The van der Waals surface area contributed by atoms with Crippen molar-refractivity contribution in [3.8, 4) is 0 Å². The molecule has 2 heterocycles. The molecule has 1 aliphatic carbocycles. The first-order chi connectivity index (χ1) is 12.2. The molecule has 2 aromatic heterocycles. The van der Waals surface area contributed by atoms with E-state index in [2.05, 4.69) is 56.8 Å². The molecule has 25 heavy (non-hydrogen) atoms. The average molecular weight is 361 g/mol. The molecule has 2 aromatic rings. The summed E-state index contributed by atoms with van der Waals surface area (Å²) in [6.45, 7) is 5.69. The minimum absolute atomic E-state index is 0.470. The maximum Gasteiger partial charge on any atom is 0.191 e. The molecule has 7 heteroatoms. The molecular formula is C18H28N6S. The fourth-order valence-corrected chi connectivity index (χ4v) is 3.96. The largest absolute Gasteiger partial charge is 0.351 e. The molecule has 2 N–H and O–H groups in total. The van der Waals surface area contributed by atoms with Gasteiger partial charge in [0.25, 0.3) is 0 Å². The standard InChI is InChI=1S/C18H28N6S/c1-13(2)16-12-25-17(22-16)11-21-18(19-3)20-10-14-8-9-24(23-14)15-6-4-5-7-15/h8-9,12-13,15H,4-7,10-11H2,1-3H3,(H2,19,20,21). The van der Waals surface area contributed by atoms with Crippen LogP contribution in [-0.2, 0) is 13.1 Å². The molecule has 0 spiro atoms. The van der Waals surface area contributed by atoms with Gasteiger partial charge in [-0.1, -0.05) is 26.7 Å². The summed E-state index contributed by atoms with van der Waals surface area (Å²) in [6.07, 6.45) is 7.26. The van der Waals surface area contributed by atoms with Gasteiger partial charge in [-0.3, -0.25) is 9.67 Å². The van der Waals surface area contributed by atoms with Gasteiger partial charge in [0.2, 0.25) is 0 Å². The Balaban J connectivity index is 1.47. The number of nitrogens with zero attached hydrogens (tertiary/aromatic N) is 4. The lowest BCUT2D eigenvalue weighted by atomic mass is 10.2. The van der Waals surface area contributed by atoms with Crippen LogP contribution in [0.15, 0.2) is 22.6 Å². The quantitative estimate of drug-likeness (QED) is 0.612. The molecule has 6 nitrogen and oxygen atoms in total. The van der Waals surface area contributed by atoms with Crippen molar-refractivity contribution in [2.45, 2.75) is 64.6 Å². The fraction of sp³-hybridized carbons (Fsp3) is 0.611. The molecule has 1 aliphatic rings. The number of hydrogen-bond donors (Lipinski definition) is 2. The molecule has 0 atom stereocenters. The molecule has 1 saturated carbocycles. The van der Waals surface area contributed by atoms with Gasteiger partial charge in [0.05, 0.1) is 30.5 Å². The summed E-state index contributed by atoms with van der Waals surface area (Å²) in [5, 5.41) is 14.6. The number of guanidine groups is 1. The molecule has 0 saturated heterocycles. The highest BCUT2D eigenvalue weighted by Crippen LogP contribution is 2.28. The molecule has 0 amide bonds. The number of thiazole rings is 1. The smallest absolute Gasteiger partial charge is 0.191 e. The zero-order valence-electron chi connectivity index (χ0n) is 15.3. The summed E-state index contributed by atoms with van der Waals surface area (Å²) in [4.78, 5) is 8.92. The van der Waals surface area contributed by atoms with Crippen molar-refractivity contribution in [3.05, 3.63) is 34.0 Å². The van der Waals surface area contributed by atoms with Crippen molar-refractivity contribution in [2.24, 2.45) is 4.99 Å². The lowest BCUT2D eigenvalue weighted by Gasteiger charge is -2.11. The molecule has 3 rings (SSSR count). The van der Waals surface area contributed by atoms with Gasteiger partial charge in [0.15, 0.2) is 5.96 Å². The van der Waals surface area contributed by atoms with Crippen molar-refractivity contribution < 1.29 is 0 Å². The van der Waals surface area contributed by atoms with E-state index in [9.17, 15) is 0 Å². The summed E-state index contributed by atoms with van der Waals surface area (Å²) >= 11 is 1.69. The Bertz CT molecular complexity index is 696. The van der Waals surface area contributed by atoms with Gasteiger partial charge in [-0.2, -0.15) is 5.10 Å². The minimum Gasteiger partial charge on any atom is -0.351 e. The maximum absolute atomic E-state index is 4.70. The molecular weight excluding hydrogens is 332 g/mol. The molecule has 136 valence electrons. The normalized spacial score (nSPS) is 15.9. The van der Waals surface area contributed by atoms with E-state index in [0.29, 0.717) is 25.0 Å². The van der Waals surface area contributed by atoms with E-state index in [1.54, 1.807) is 18.4 Å². The van der Waals surface area contributed by atoms with Gasteiger partial charge in [0.1, 0.15) is 5.01 Å². The third kappa shape index (κ3) is 4.81. The molecule has 1 fully saturated rings. The highest BCUT2D eigenvalue weighted by molar-refractivity contribution is 7.09.